The van der Waals surface area contributed by atoms with E-state index in [0.717, 1.165) is 30.0 Å². The molecular formula is C22H25N3O3. The van der Waals surface area contributed by atoms with Crippen molar-refractivity contribution in [3.63, 3.8) is 0 Å². The van der Waals surface area contributed by atoms with Gasteiger partial charge in [0.15, 0.2) is 0 Å². The molecule has 2 aliphatic rings. The number of carbonyl (C=O) groups excluding carboxylic acids is 2. The van der Waals surface area contributed by atoms with Gasteiger partial charge in [-0.1, -0.05) is 42.5 Å². The van der Waals surface area contributed by atoms with Crippen molar-refractivity contribution in [2.24, 2.45) is 0 Å². The maximum absolute atomic E-state index is 12.9. The minimum atomic E-state index is -0.476. The number of ether oxygens (including phenoxy) is 1. The molecule has 1 N–H and O–H groups in total. The first kappa shape index (κ1) is 18.5. The molecule has 6 heteroatoms. The summed E-state index contributed by atoms with van der Waals surface area (Å²) >= 11 is 0. The number of fused-ring (bicyclic) bond motifs is 1. The van der Waals surface area contributed by atoms with E-state index in [-0.39, 0.29) is 11.8 Å². The Morgan fingerprint density at radius 3 is 2.61 bits per heavy atom. The molecule has 146 valence electrons. The van der Waals surface area contributed by atoms with Crippen molar-refractivity contribution in [2.45, 2.75) is 25.0 Å². The Morgan fingerprint density at radius 1 is 1.04 bits per heavy atom. The Morgan fingerprint density at radius 2 is 1.82 bits per heavy atom. The van der Waals surface area contributed by atoms with Gasteiger partial charge in [-0.05, 0) is 23.3 Å². The maximum Gasteiger partial charge on any atom is 0.246 e. The first-order valence-corrected chi connectivity index (χ1v) is 9.64. The molecule has 28 heavy (non-hydrogen) atoms. The zero-order chi connectivity index (χ0) is 19.5. The van der Waals surface area contributed by atoms with Crippen LogP contribution < -0.4 is 10.1 Å². The molecule has 0 aliphatic carbocycles. The van der Waals surface area contributed by atoms with Crippen molar-refractivity contribution in [1.82, 2.24) is 15.1 Å². The number of hydrogen-bond donors (Lipinski definition) is 1. The molecule has 0 saturated carbocycles. The molecule has 0 radical (unpaired) electrons. The highest BCUT2D eigenvalue weighted by molar-refractivity contribution is 5.97. The van der Waals surface area contributed by atoms with Crippen LogP contribution in [0.2, 0.25) is 0 Å². The van der Waals surface area contributed by atoms with E-state index in [1.165, 1.54) is 0 Å². The second-order valence-corrected chi connectivity index (χ2v) is 7.38. The fraction of sp³-hybridized carbons (Fsp3) is 0.364. The largest absolute Gasteiger partial charge is 0.497 e. The lowest BCUT2D eigenvalue weighted by Crippen LogP contribution is -2.69. The van der Waals surface area contributed by atoms with Crippen LogP contribution in [0.1, 0.15) is 11.1 Å². The van der Waals surface area contributed by atoms with Gasteiger partial charge < -0.3 is 15.0 Å². The van der Waals surface area contributed by atoms with Gasteiger partial charge in [0.25, 0.3) is 0 Å². The molecule has 0 spiro atoms. The van der Waals surface area contributed by atoms with Gasteiger partial charge in [0, 0.05) is 32.6 Å². The van der Waals surface area contributed by atoms with Gasteiger partial charge in [0.2, 0.25) is 11.8 Å². The van der Waals surface area contributed by atoms with Crippen LogP contribution in [-0.4, -0.2) is 60.4 Å². The molecule has 2 heterocycles. The molecule has 4 rings (SSSR count). The Balaban J connectivity index is 1.41. The molecule has 2 atom stereocenters. The third kappa shape index (κ3) is 3.87. The van der Waals surface area contributed by atoms with Crippen LogP contribution in [0.3, 0.4) is 0 Å². The fourth-order valence-electron chi connectivity index (χ4n) is 4.02. The topological polar surface area (TPSA) is 61.9 Å². The number of benzene rings is 2. The first-order chi connectivity index (χ1) is 13.6. The number of nitrogens with one attached hydrogen (secondary N) is 1. The van der Waals surface area contributed by atoms with E-state index in [9.17, 15) is 9.59 Å². The summed E-state index contributed by atoms with van der Waals surface area (Å²) in [5.74, 6) is 0.788. The summed E-state index contributed by atoms with van der Waals surface area (Å²) in [5, 5.41) is 2.94. The lowest BCUT2D eigenvalue weighted by atomic mass is 9.98. The molecule has 2 aromatic rings. The summed E-state index contributed by atoms with van der Waals surface area (Å²) in [7, 11) is 1.65. The summed E-state index contributed by atoms with van der Waals surface area (Å²) in [4.78, 5) is 29.6. The average Bonchev–Trinajstić information content (AvgIpc) is 2.73. The Hall–Kier alpha value is -2.86. The Labute approximate surface area is 165 Å². The van der Waals surface area contributed by atoms with E-state index in [0.29, 0.717) is 19.5 Å². The normalized spacial score (nSPS) is 22.5. The second kappa shape index (κ2) is 8.02. The lowest BCUT2D eigenvalue weighted by Gasteiger charge is -2.45. The molecule has 2 amide bonds. The Bertz CT molecular complexity index is 855. The van der Waals surface area contributed by atoms with Crippen LogP contribution in [0.15, 0.2) is 54.6 Å². The third-order valence-electron chi connectivity index (χ3n) is 5.49. The van der Waals surface area contributed by atoms with E-state index in [2.05, 4.69) is 16.3 Å². The number of methoxy groups -OCH3 is 1. The minimum Gasteiger partial charge on any atom is -0.497 e. The van der Waals surface area contributed by atoms with E-state index in [1.54, 1.807) is 12.0 Å². The van der Waals surface area contributed by atoms with Crippen molar-refractivity contribution >= 4 is 11.8 Å². The zero-order valence-corrected chi connectivity index (χ0v) is 16.0. The quantitative estimate of drug-likeness (QED) is 0.854. The number of hydrogen-bond acceptors (Lipinski definition) is 4. The smallest absolute Gasteiger partial charge is 0.246 e. The number of piperazine rings is 2. The highest BCUT2D eigenvalue weighted by atomic mass is 16.5. The Kier molecular flexibility index (Phi) is 5.30. The predicted molar refractivity (Wildman–Crippen MR) is 106 cm³/mol. The summed E-state index contributed by atoms with van der Waals surface area (Å²) in [6.07, 6.45) is 0.530. The van der Waals surface area contributed by atoms with Gasteiger partial charge in [-0.25, -0.2) is 0 Å². The molecule has 2 saturated heterocycles. The molecular weight excluding hydrogens is 354 g/mol. The van der Waals surface area contributed by atoms with Crippen molar-refractivity contribution in [2.75, 3.05) is 26.7 Å². The van der Waals surface area contributed by atoms with Crippen LogP contribution in [0.5, 0.6) is 5.75 Å². The lowest BCUT2D eigenvalue weighted by molar-refractivity contribution is -0.153. The van der Waals surface area contributed by atoms with Crippen LogP contribution in [0.25, 0.3) is 0 Å². The van der Waals surface area contributed by atoms with Gasteiger partial charge >= 0.3 is 0 Å². The molecule has 2 aromatic carbocycles. The molecule has 2 aliphatic heterocycles. The highest BCUT2D eigenvalue weighted by Gasteiger charge is 2.43. The number of amides is 2. The van der Waals surface area contributed by atoms with Crippen LogP contribution in [0, 0.1) is 0 Å². The molecule has 2 fully saturated rings. The molecule has 0 bridgehead atoms. The van der Waals surface area contributed by atoms with E-state index >= 15 is 0 Å². The van der Waals surface area contributed by atoms with Crippen molar-refractivity contribution in [3.05, 3.63) is 65.7 Å². The molecule has 0 aromatic heterocycles. The average molecular weight is 379 g/mol. The predicted octanol–water partition coefficient (Wildman–Crippen LogP) is 1.45. The van der Waals surface area contributed by atoms with E-state index < -0.39 is 12.1 Å². The third-order valence-corrected chi connectivity index (χ3v) is 5.49. The molecule has 0 unspecified atom stereocenters. The minimum absolute atomic E-state index is 0.0227. The van der Waals surface area contributed by atoms with Crippen LogP contribution >= 0.6 is 0 Å². The second-order valence-electron chi connectivity index (χ2n) is 7.38. The standard InChI is InChI=1S/C22H25N3O3/c1-28-18-9-5-8-17(12-18)14-24-10-11-25-20(15-24)21(26)23-19(22(25)27)13-16-6-3-2-4-7-16/h2-9,12,19-20H,10-11,13-15H2,1H3,(H,23,26)/t19-,20+/m0/s1. The SMILES string of the molecule is COc1cccc(CN2CCN3C(=O)[C@H](Cc4ccccc4)NC(=O)[C@H]3C2)c1. The van der Waals surface area contributed by atoms with Gasteiger partial charge in [-0.2, -0.15) is 0 Å². The first-order valence-electron chi connectivity index (χ1n) is 9.64. The highest BCUT2D eigenvalue weighted by Crippen LogP contribution is 2.21. The van der Waals surface area contributed by atoms with Crippen molar-refractivity contribution in [1.29, 1.82) is 0 Å². The van der Waals surface area contributed by atoms with Gasteiger partial charge in [0.05, 0.1) is 7.11 Å². The number of nitrogens with zero attached hydrogens (tertiary/aromatic N) is 2. The monoisotopic (exact) mass is 379 g/mol. The summed E-state index contributed by atoms with van der Waals surface area (Å²) < 4.78 is 5.29. The van der Waals surface area contributed by atoms with E-state index in [4.69, 9.17) is 4.74 Å². The summed E-state index contributed by atoms with van der Waals surface area (Å²) in [6.45, 7) is 2.61. The van der Waals surface area contributed by atoms with Crippen LogP contribution in [-0.2, 0) is 22.6 Å². The summed E-state index contributed by atoms with van der Waals surface area (Å²) in [5.41, 5.74) is 2.19. The number of rotatable bonds is 5. The van der Waals surface area contributed by atoms with Crippen LogP contribution in [0.4, 0.5) is 0 Å². The van der Waals surface area contributed by atoms with Crippen molar-refractivity contribution in [3.8, 4) is 5.75 Å². The maximum atomic E-state index is 12.9. The van der Waals surface area contributed by atoms with Crippen molar-refractivity contribution < 1.29 is 14.3 Å². The summed E-state index contributed by atoms with van der Waals surface area (Å²) in [6, 6.07) is 16.9. The zero-order valence-electron chi connectivity index (χ0n) is 16.0. The van der Waals surface area contributed by atoms with E-state index in [1.807, 2.05) is 48.5 Å². The fourth-order valence-corrected chi connectivity index (χ4v) is 4.02. The van der Waals surface area contributed by atoms with Gasteiger partial charge in [-0.15, -0.1) is 0 Å². The number of carbonyl (C=O) groups is 2. The molecule has 6 nitrogen and oxygen atoms in total. The van der Waals surface area contributed by atoms with Gasteiger partial charge in [0.1, 0.15) is 17.8 Å². The van der Waals surface area contributed by atoms with Gasteiger partial charge in [-0.3, -0.25) is 14.5 Å².